The van der Waals surface area contributed by atoms with Gasteiger partial charge in [-0.25, -0.2) is 9.78 Å². The zero-order valence-electron chi connectivity index (χ0n) is 10.8. The Bertz CT molecular complexity index is 426. The van der Waals surface area contributed by atoms with Crippen LogP contribution >= 0.6 is 0 Å². The number of nitrogens with zero attached hydrogens (tertiary/aromatic N) is 1. The number of aromatic carboxylic acids is 1. The minimum Gasteiger partial charge on any atom is -0.478 e. The SMILES string of the molecule is Cc1cc(C(=O)O)cc(NCC2CCCCC2)n1. The van der Waals surface area contributed by atoms with E-state index in [-0.39, 0.29) is 0 Å². The van der Waals surface area contributed by atoms with E-state index in [1.54, 1.807) is 12.1 Å². The third-order valence-electron chi connectivity index (χ3n) is 3.50. The molecule has 98 valence electrons. The monoisotopic (exact) mass is 248 g/mol. The molecule has 0 amide bonds. The molecule has 1 heterocycles. The summed E-state index contributed by atoms with van der Waals surface area (Å²) >= 11 is 0. The molecule has 0 aromatic carbocycles. The van der Waals surface area contributed by atoms with Gasteiger partial charge in [0.15, 0.2) is 0 Å². The van der Waals surface area contributed by atoms with Crippen LogP contribution in [0.15, 0.2) is 12.1 Å². The number of hydrogen-bond donors (Lipinski definition) is 2. The lowest BCUT2D eigenvalue weighted by molar-refractivity contribution is 0.0696. The predicted octanol–water partition coefficient (Wildman–Crippen LogP) is 3.08. The maximum atomic E-state index is 11.0. The third kappa shape index (κ3) is 3.45. The lowest BCUT2D eigenvalue weighted by atomic mass is 9.89. The van der Waals surface area contributed by atoms with Crippen LogP contribution in [0.4, 0.5) is 5.82 Å². The topological polar surface area (TPSA) is 62.2 Å². The first kappa shape index (κ1) is 12.9. The number of rotatable bonds is 4. The molecule has 0 atom stereocenters. The van der Waals surface area contributed by atoms with E-state index in [1.165, 1.54) is 32.1 Å². The Balaban J connectivity index is 1.97. The highest BCUT2D eigenvalue weighted by Gasteiger charge is 2.13. The second-order valence-corrected chi connectivity index (χ2v) is 5.07. The molecule has 0 aliphatic heterocycles. The molecule has 4 nitrogen and oxygen atoms in total. The molecule has 4 heteroatoms. The van der Waals surface area contributed by atoms with E-state index in [2.05, 4.69) is 10.3 Å². The Labute approximate surface area is 107 Å². The van der Waals surface area contributed by atoms with E-state index in [1.807, 2.05) is 6.92 Å². The Morgan fingerprint density at radius 3 is 2.78 bits per heavy atom. The fraction of sp³-hybridized carbons (Fsp3) is 0.571. The Hall–Kier alpha value is -1.58. The number of anilines is 1. The van der Waals surface area contributed by atoms with Gasteiger partial charge in [-0.3, -0.25) is 0 Å². The van der Waals surface area contributed by atoms with Crippen LogP contribution in [0.1, 0.15) is 48.2 Å². The van der Waals surface area contributed by atoms with Crippen LogP contribution in [-0.4, -0.2) is 22.6 Å². The largest absolute Gasteiger partial charge is 0.478 e. The second kappa shape index (κ2) is 5.85. The fourth-order valence-corrected chi connectivity index (χ4v) is 2.52. The zero-order valence-corrected chi connectivity index (χ0v) is 10.8. The van der Waals surface area contributed by atoms with Crippen LogP contribution in [0.25, 0.3) is 0 Å². The number of nitrogens with one attached hydrogen (secondary N) is 1. The van der Waals surface area contributed by atoms with Crippen molar-refractivity contribution in [2.24, 2.45) is 5.92 Å². The molecule has 2 N–H and O–H groups in total. The van der Waals surface area contributed by atoms with Gasteiger partial charge in [0.25, 0.3) is 0 Å². The molecule has 1 aromatic heterocycles. The van der Waals surface area contributed by atoms with Gasteiger partial charge in [-0.15, -0.1) is 0 Å². The number of hydrogen-bond acceptors (Lipinski definition) is 3. The summed E-state index contributed by atoms with van der Waals surface area (Å²) in [5, 5.41) is 12.3. The molecule has 0 spiro atoms. The summed E-state index contributed by atoms with van der Waals surface area (Å²) in [7, 11) is 0. The number of aryl methyl sites for hydroxylation is 1. The first-order chi connectivity index (χ1) is 8.65. The highest BCUT2D eigenvalue weighted by Crippen LogP contribution is 2.23. The van der Waals surface area contributed by atoms with E-state index in [0.717, 1.165) is 12.2 Å². The van der Waals surface area contributed by atoms with Crippen LogP contribution in [0, 0.1) is 12.8 Å². The van der Waals surface area contributed by atoms with E-state index < -0.39 is 5.97 Å². The standard InChI is InChI=1S/C14H20N2O2/c1-10-7-12(14(17)18)8-13(16-10)15-9-11-5-3-2-4-6-11/h7-8,11H,2-6,9H2,1H3,(H,15,16)(H,17,18). The molecule has 2 rings (SSSR count). The van der Waals surface area contributed by atoms with Crippen molar-refractivity contribution in [3.8, 4) is 0 Å². The molecule has 18 heavy (non-hydrogen) atoms. The Morgan fingerprint density at radius 2 is 2.11 bits per heavy atom. The van der Waals surface area contributed by atoms with Crippen LogP contribution < -0.4 is 5.32 Å². The molecule has 0 radical (unpaired) electrons. The fourth-order valence-electron chi connectivity index (χ4n) is 2.52. The minimum absolute atomic E-state index is 0.300. The van der Waals surface area contributed by atoms with E-state index in [0.29, 0.717) is 17.3 Å². The van der Waals surface area contributed by atoms with Crippen molar-refractivity contribution in [3.63, 3.8) is 0 Å². The first-order valence-corrected chi connectivity index (χ1v) is 6.61. The number of carboxylic acids is 1. The molecule has 0 unspecified atom stereocenters. The molecule has 1 aliphatic rings. The molecule has 1 aromatic rings. The molecule has 1 aliphatic carbocycles. The maximum absolute atomic E-state index is 11.0. The normalized spacial score (nSPS) is 16.5. The molecule has 0 saturated heterocycles. The molecule has 1 fully saturated rings. The summed E-state index contributed by atoms with van der Waals surface area (Å²) in [6.45, 7) is 2.72. The highest BCUT2D eigenvalue weighted by molar-refractivity contribution is 5.88. The second-order valence-electron chi connectivity index (χ2n) is 5.07. The van der Waals surface area contributed by atoms with E-state index >= 15 is 0 Å². The maximum Gasteiger partial charge on any atom is 0.335 e. The summed E-state index contributed by atoms with van der Waals surface area (Å²) in [5.74, 6) is 0.480. The van der Waals surface area contributed by atoms with Crippen molar-refractivity contribution in [3.05, 3.63) is 23.4 Å². The van der Waals surface area contributed by atoms with Crippen molar-refractivity contribution in [1.82, 2.24) is 4.98 Å². The van der Waals surface area contributed by atoms with Gasteiger partial charge in [0.1, 0.15) is 5.82 Å². The Morgan fingerprint density at radius 1 is 1.39 bits per heavy atom. The molecular formula is C14H20N2O2. The van der Waals surface area contributed by atoms with Gasteiger partial charge in [0.05, 0.1) is 5.56 Å². The average Bonchev–Trinajstić information content (AvgIpc) is 2.37. The van der Waals surface area contributed by atoms with Gasteiger partial charge in [-0.1, -0.05) is 19.3 Å². The van der Waals surface area contributed by atoms with Gasteiger partial charge in [-0.05, 0) is 37.8 Å². The van der Waals surface area contributed by atoms with Crippen LogP contribution in [0.2, 0.25) is 0 Å². The number of carbonyl (C=O) groups is 1. The number of pyridine rings is 1. The van der Waals surface area contributed by atoms with Gasteiger partial charge < -0.3 is 10.4 Å². The minimum atomic E-state index is -0.902. The molecule has 0 bridgehead atoms. The summed E-state index contributed by atoms with van der Waals surface area (Å²) < 4.78 is 0. The predicted molar refractivity (Wildman–Crippen MR) is 71.0 cm³/mol. The van der Waals surface area contributed by atoms with Crippen molar-refractivity contribution in [1.29, 1.82) is 0 Å². The molecular weight excluding hydrogens is 228 g/mol. The van der Waals surface area contributed by atoms with Crippen LogP contribution in [0.3, 0.4) is 0 Å². The van der Waals surface area contributed by atoms with Crippen LogP contribution in [0.5, 0.6) is 0 Å². The van der Waals surface area contributed by atoms with Gasteiger partial charge in [-0.2, -0.15) is 0 Å². The van der Waals surface area contributed by atoms with Crippen molar-refractivity contribution in [2.45, 2.75) is 39.0 Å². The summed E-state index contributed by atoms with van der Waals surface area (Å²) in [6, 6.07) is 3.20. The quantitative estimate of drug-likeness (QED) is 0.859. The Kier molecular flexibility index (Phi) is 4.18. The zero-order chi connectivity index (χ0) is 13.0. The van der Waals surface area contributed by atoms with E-state index in [9.17, 15) is 4.79 Å². The summed E-state index contributed by atoms with van der Waals surface area (Å²) in [6.07, 6.45) is 6.51. The average molecular weight is 248 g/mol. The number of carboxylic acid groups (broad SMARTS) is 1. The lowest BCUT2D eigenvalue weighted by Gasteiger charge is -2.22. The van der Waals surface area contributed by atoms with Gasteiger partial charge in [0, 0.05) is 12.2 Å². The summed E-state index contributed by atoms with van der Waals surface area (Å²) in [5.41, 5.74) is 1.04. The first-order valence-electron chi connectivity index (χ1n) is 6.61. The van der Waals surface area contributed by atoms with Crippen molar-refractivity contribution < 1.29 is 9.90 Å². The third-order valence-corrected chi connectivity index (χ3v) is 3.50. The van der Waals surface area contributed by atoms with Crippen molar-refractivity contribution >= 4 is 11.8 Å². The smallest absolute Gasteiger partial charge is 0.335 e. The summed E-state index contributed by atoms with van der Waals surface area (Å²) in [4.78, 5) is 15.3. The van der Waals surface area contributed by atoms with Gasteiger partial charge >= 0.3 is 5.97 Å². The lowest BCUT2D eigenvalue weighted by Crippen LogP contribution is -2.18. The van der Waals surface area contributed by atoms with Crippen LogP contribution in [-0.2, 0) is 0 Å². The number of aromatic nitrogens is 1. The van der Waals surface area contributed by atoms with Crippen molar-refractivity contribution in [2.75, 3.05) is 11.9 Å². The highest BCUT2D eigenvalue weighted by atomic mass is 16.4. The van der Waals surface area contributed by atoms with E-state index in [4.69, 9.17) is 5.11 Å². The van der Waals surface area contributed by atoms with Gasteiger partial charge in [0.2, 0.25) is 0 Å². The molecule has 1 saturated carbocycles.